The summed E-state index contributed by atoms with van der Waals surface area (Å²) in [5.41, 5.74) is 0.451. The molecule has 19 heavy (non-hydrogen) atoms. The third kappa shape index (κ3) is 6.02. The quantitative estimate of drug-likeness (QED) is 0.790. The van der Waals surface area contributed by atoms with E-state index in [-0.39, 0.29) is 18.2 Å². The van der Waals surface area contributed by atoms with Gasteiger partial charge in [0.1, 0.15) is 0 Å². The number of amides is 1. The fourth-order valence-corrected chi connectivity index (χ4v) is 1.95. The zero-order chi connectivity index (χ0) is 14.4. The van der Waals surface area contributed by atoms with Crippen molar-refractivity contribution in [3.8, 4) is 0 Å². The van der Waals surface area contributed by atoms with Gasteiger partial charge < -0.3 is 10.4 Å². The van der Waals surface area contributed by atoms with Crippen molar-refractivity contribution in [3.05, 3.63) is 24.3 Å². The van der Waals surface area contributed by atoms with Gasteiger partial charge in [0, 0.05) is 10.6 Å². The van der Waals surface area contributed by atoms with Gasteiger partial charge in [-0.3, -0.25) is 4.79 Å². The van der Waals surface area contributed by atoms with E-state index in [2.05, 4.69) is 5.32 Å². The summed E-state index contributed by atoms with van der Waals surface area (Å²) in [4.78, 5) is 12.0. The lowest BCUT2D eigenvalue weighted by molar-refractivity contribution is -0.118. The van der Waals surface area contributed by atoms with E-state index in [1.165, 1.54) is 6.07 Å². The van der Waals surface area contributed by atoms with Crippen molar-refractivity contribution in [2.24, 2.45) is 5.92 Å². The normalized spacial score (nSPS) is 12.8. The molecule has 0 aliphatic rings. The summed E-state index contributed by atoms with van der Waals surface area (Å²) >= 11 is 0.424. The second-order valence-corrected chi connectivity index (χ2v) is 5.53. The number of aliphatic hydroxyl groups is 1. The number of hydrogen-bond donors (Lipinski definition) is 2. The van der Waals surface area contributed by atoms with Crippen LogP contribution in [0.25, 0.3) is 0 Å². The number of aliphatic hydroxyl groups excluding tert-OH is 1. The zero-order valence-electron chi connectivity index (χ0n) is 10.8. The molecule has 0 fully saturated rings. The largest absolute Gasteiger partial charge is 0.392 e. The highest BCUT2D eigenvalue weighted by atomic mass is 32.2. The van der Waals surface area contributed by atoms with Crippen molar-refractivity contribution in [2.45, 2.75) is 37.0 Å². The molecule has 0 aliphatic carbocycles. The van der Waals surface area contributed by atoms with Gasteiger partial charge >= 0.3 is 0 Å². The average Bonchev–Trinajstić information content (AvgIpc) is 2.27. The van der Waals surface area contributed by atoms with E-state index in [0.29, 0.717) is 22.3 Å². The zero-order valence-corrected chi connectivity index (χ0v) is 11.6. The van der Waals surface area contributed by atoms with E-state index in [1.54, 1.807) is 18.2 Å². The van der Waals surface area contributed by atoms with E-state index < -0.39 is 11.9 Å². The minimum absolute atomic E-state index is 0.00789. The maximum atomic E-state index is 12.2. The van der Waals surface area contributed by atoms with Gasteiger partial charge in [0.25, 0.3) is 5.76 Å². The molecule has 2 N–H and O–H groups in total. The molecule has 0 saturated carbocycles. The first-order valence-electron chi connectivity index (χ1n) is 5.91. The number of hydrogen-bond acceptors (Lipinski definition) is 3. The molecular weight excluding hydrogens is 272 g/mol. The first kappa shape index (κ1) is 15.9. The highest BCUT2D eigenvalue weighted by molar-refractivity contribution is 7.99. The van der Waals surface area contributed by atoms with Crippen LogP contribution in [-0.2, 0) is 4.79 Å². The Labute approximate surface area is 115 Å². The van der Waals surface area contributed by atoms with Gasteiger partial charge in [-0.1, -0.05) is 31.7 Å². The molecule has 0 aliphatic heterocycles. The number of alkyl halides is 2. The minimum atomic E-state index is -2.49. The summed E-state index contributed by atoms with van der Waals surface area (Å²) < 4.78 is 24.4. The fourth-order valence-electron chi connectivity index (χ4n) is 1.39. The second kappa shape index (κ2) is 7.45. The Morgan fingerprint density at radius 3 is 2.68 bits per heavy atom. The van der Waals surface area contributed by atoms with Crippen molar-refractivity contribution in [2.75, 3.05) is 5.32 Å². The molecule has 0 heterocycles. The van der Waals surface area contributed by atoms with Crippen molar-refractivity contribution < 1.29 is 18.7 Å². The summed E-state index contributed by atoms with van der Waals surface area (Å²) in [5.74, 6) is -2.83. The Balaban J connectivity index is 2.59. The second-order valence-electron chi connectivity index (χ2n) is 4.47. The van der Waals surface area contributed by atoms with Crippen molar-refractivity contribution in [1.82, 2.24) is 0 Å². The van der Waals surface area contributed by atoms with Crippen LogP contribution < -0.4 is 5.32 Å². The summed E-state index contributed by atoms with van der Waals surface area (Å²) in [6.45, 7) is 3.63. The Morgan fingerprint density at radius 1 is 1.42 bits per heavy atom. The van der Waals surface area contributed by atoms with E-state index in [0.717, 1.165) is 0 Å². The van der Waals surface area contributed by atoms with Crippen LogP contribution in [0.1, 0.15) is 20.3 Å². The van der Waals surface area contributed by atoms with Crippen molar-refractivity contribution in [3.63, 3.8) is 0 Å². The number of thioether (sulfide) groups is 1. The minimum Gasteiger partial charge on any atom is -0.392 e. The monoisotopic (exact) mass is 289 g/mol. The lowest BCUT2D eigenvalue weighted by Gasteiger charge is -2.14. The predicted molar refractivity (Wildman–Crippen MR) is 72.4 cm³/mol. The molecule has 0 bridgehead atoms. The number of benzene rings is 1. The molecule has 0 saturated heterocycles. The van der Waals surface area contributed by atoms with Crippen LogP contribution in [0.2, 0.25) is 0 Å². The summed E-state index contributed by atoms with van der Waals surface area (Å²) in [7, 11) is 0. The summed E-state index contributed by atoms with van der Waals surface area (Å²) in [5, 5.41) is 12.2. The Bertz CT molecular complexity index is 427. The molecule has 1 rings (SSSR count). The van der Waals surface area contributed by atoms with Crippen LogP contribution in [0.5, 0.6) is 0 Å². The van der Waals surface area contributed by atoms with E-state index in [1.807, 2.05) is 13.8 Å². The topological polar surface area (TPSA) is 49.3 Å². The molecule has 106 valence electrons. The first-order chi connectivity index (χ1) is 8.88. The smallest absolute Gasteiger partial charge is 0.288 e. The summed E-state index contributed by atoms with van der Waals surface area (Å²) in [6, 6.07) is 6.25. The van der Waals surface area contributed by atoms with E-state index in [9.17, 15) is 18.7 Å². The molecule has 1 amide bonds. The lowest BCUT2D eigenvalue weighted by atomic mass is 10.0. The van der Waals surface area contributed by atoms with E-state index in [4.69, 9.17) is 0 Å². The van der Waals surface area contributed by atoms with Crippen LogP contribution in [-0.4, -0.2) is 22.9 Å². The standard InChI is InChI=1S/C13H17F2NO2S/c1-8(2)11(17)7-12(18)16-9-4-3-5-10(6-9)19-13(14)15/h3-6,8,11,13,17H,7H2,1-2H3,(H,16,18). The Kier molecular flexibility index (Phi) is 6.24. The van der Waals surface area contributed by atoms with Crippen LogP contribution >= 0.6 is 11.8 Å². The fraction of sp³-hybridized carbons (Fsp3) is 0.462. The lowest BCUT2D eigenvalue weighted by Crippen LogP contribution is -2.23. The number of carbonyl (C=O) groups is 1. The van der Waals surface area contributed by atoms with Crippen LogP contribution in [0.15, 0.2) is 29.2 Å². The van der Waals surface area contributed by atoms with E-state index >= 15 is 0 Å². The van der Waals surface area contributed by atoms with Gasteiger partial charge in [0.05, 0.1) is 12.5 Å². The molecule has 1 atom stereocenters. The molecular formula is C13H17F2NO2S. The highest BCUT2D eigenvalue weighted by Gasteiger charge is 2.14. The van der Waals surface area contributed by atoms with Gasteiger partial charge in [-0.05, 0) is 24.1 Å². The highest BCUT2D eigenvalue weighted by Crippen LogP contribution is 2.27. The van der Waals surface area contributed by atoms with Crippen molar-refractivity contribution in [1.29, 1.82) is 0 Å². The number of nitrogens with one attached hydrogen (secondary N) is 1. The molecule has 0 radical (unpaired) electrons. The van der Waals surface area contributed by atoms with Gasteiger partial charge in [-0.25, -0.2) is 0 Å². The maximum Gasteiger partial charge on any atom is 0.288 e. The van der Waals surface area contributed by atoms with Gasteiger partial charge in [-0.2, -0.15) is 8.78 Å². The van der Waals surface area contributed by atoms with Crippen LogP contribution in [0, 0.1) is 5.92 Å². The van der Waals surface area contributed by atoms with Crippen LogP contribution in [0.4, 0.5) is 14.5 Å². The van der Waals surface area contributed by atoms with Crippen molar-refractivity contribution >= 4 is 23.4 Å². The van der Waals surface area contributed by atoms with Crippen LogP contribution in [0.3, 0.4) is 0 Å². The van der Waals surface area contributed by atoms with Gasteiger partial charge in [0.15, 0.2) is 0 Å². The molecule has 1 aromatic carbocycles. The third-order valence-corrected chi connectivity index (χ3v) is 3.21. The molecule has 1 aromatic rings. The Hall–Kier alpha value is -1.14. The molecule has 3 nitrogen and oxygen atoms in total. The molecule has 0 spiro atoms. The Morgan fingerprint density at radius 2 is 2.11 bits per heavy atom. The third-order valence-electron chi connectivity index (χ3n) is 2.51. The SMILES string of the molecule is CC(C)C(O)CC(=O)Nc1cccc(SC(F)F)c1. The summed E-state index contributed by atoms with van der Waals surface area (Å²) in [6.07, 6.45) is -0.720. The predicted octanol–water partition coefficient (Wildman–Crippen LogP) is 3.35. The molecule has 6 heteroatoms. The molecule has 0 aromatic heterocycles. The molecule has 1 unspecified atom stereocenters. The number of halogens is 2. The average molecular weight is 289 g/mol. The number of rotatable bonds is 6. The van der Waals surface area contributed by atoms with Gasteiger partial charge in [0.2, 0.25) is 5.91 Å². The number of carbonyl (C=O) groups excluding carboxylic acids is 1. The maximum absolute atomic E-state index is 12.2. The van der Waals surface area contributed by atoms with Gasteiger partial charge in [-0.15, -0.1) is 0 Å². The first-order valence-corrected chi connectivity index (χ1v) is 6.79. The number of anilines is 1.